The van der Waals surface area contributed by atoms with E-state index in [2.05, 4.69) is 20.8 Å². The van der Waals surface area contributed by atoms with Crippen molar-refractivity contribution >= 4 is 22.5 Å². The number of aromatic amines is 1. The Labute approximate surface area is 118 Å². The van der Waals surface area contributed by atoms with Crippen molar-refractivity contribution in [2.75, 3.05) is 18.4 Å². The molecular weight excluding hydrogens is 252 g/mol. The average molecular weight is 272 g/mol. The molecule has 1 aliphatic heterocycles. The number of nitrogens with one attached hydrogen (secondary N) is 3. The van der Waals surface area contributed by atoms with Gasteiger partial charge in [0.1, 0.15) is 0 Å². The summed E-state index contributed by atoms with van der Waals surface area (Å²) in [5, 5.41) is 14.2. The number of rotatable bonds is 4. The van der Waals surface area contributed by atoms with E-state index >= 15 is 0 Å². The van der Waals surface area contributed by atoms with Crippen LogP contribution in [0, 0.1) is 5.92 Å². The maximum absolute atomic E-state index is 12.0. The van der Waals surface area contributed by atoms with Crippen LogP contribution in [-0.4, -0.2) is 29.2 Å². The highest BCUT2D eigenvalue weighted by Gasteiger charge is 2.14. The zero-order valence-electron chi connectivity index (χ0n) is 11.5. The summed E-state index contributed by atoms with van der Waals surface area (Å²) in [4.78, 5) is 12.0. The van der Waals surface area contributed by atoms with Gasteiger partial charge in [0.25, 0.3) is 0 Å². The lowest BCUT2D eigenvalue weighted by atomic mass is 9.94. The monoisotopic (exact) mass is 272 g/mol. The maximum Gasteiger partial charge on any atom is 0.224 e. The lowest BCUT2D eigenvalue weighted by Crippen LogP contribution is -2.30. The van der Waals surface area contributed by atoms with E-state index in [1.54, 1.807) is 6.20 Å². The van der Waals surface area contributed by atoms with E-state index < -0.39 is 0 Å². The second-order valence-corrected chi connectivity index (χ2v) is 5.47. The van der Waals surface area contributed by atoms with Crippen LogP contribution in [0.1, 0.15) is 25.7 Å². The molecule has 0 aliphatic carbocycles. The molecule has 2 aromatic rings. The summed E-state index contributed by atoms with van der Waals surface area (Å²) in [6.07, 6.45) is 5.78. The minimum Gasteiger partial charge on any atom is -0.326 e. The number of carbonyl (C=O) groups excluding carboxylic acids is 1. The molecule has 106 valence electrons. The quantitative estimate of drug-likeness (QED) is 0.799. The zero-order valence-corrected chi connectivity index (χ0v) is 11.5. The molecule has 1 aliphatic rings. The number of hydrogen-bond acceptors (Lipinski definition) is 3. The van der Waals surface area contributed by atoms with Gasteiger partial charge in [0.2, 0.25) is 5.91 Å². The lowest BCUT2D eigenvalue weighted by Gasteiger charge is -2.22. The van der Waals surface area contributed by atoms with Crippen LogP contribution in [0.2, 0.25) is 0 Å². The van der Waals surface area contributed by atoms with Crippen molar-refractivity contribution in [2.45, 2.75) is 25.7 Å². The molecule has 1 aromatic heterocycles. The van der Waals surface area contributed by atoms with E-state index in [0.717, 1.165) is 36.1 Å². The predicted octanol–water partition coefficient (Wildman–Crippen LogP) is 2.28. The highest BCUT2D eigenvalue weighted by Crippen LogP contribution is 2.19. The number of carbonyl (C=O) groups is 1. The molecule has 1 saturated heterocycles. The number of piperidine rings is 1. The van der Waals surface area contributed by atoms with Crippen molar-refractivity contribution in [3.05, 3.63) is 24.4 Å². The summed E-state index contributed by atoms with van der Waals surface area (Å²) in [5.41, 5.74) is 1.82. The van der Waals surface area contributed by atoms with Crippen LogP contribution in [0.3, 0.4) is 0 Å². The van der Waals surface area contributed by atoms with Gasteiger partial charge >= 0.3 is 0 Å². The Morgan fingerprint density at radius 3 is 3.25 bits per heavy atom. The molecule has 3 N–H and O–H groups in total. The fourth-order valence-electron chi connectivity index (χ4n) is 2.75. The summed E-state index contributed by atoms with van der Waals surface area (Å²) in [5.74, 6) is 0.740. The number of hydrogen-bond donors (Lipinski definition) is 3. The average Bonchev–Trinajstić information content (AvgIpc) is 2.94. The molecule has 0 bridgehead atoms. The van der Waals surface area contributed by atoms with Crippen molar-refractivity contribution in [2.24, 2.45) is 5.92 Å². The fourth-order valence-corrected chi connectivity index (χ4v) is 2.75. The zero-order chi connectivity index (χ0) is 13.8. The molecule has 1 atom stereocenters. The number of aromatic nitrogens is 2. The van der Waals surface area contributed by atoms with E-state index in [0.29, 0.717) is 12.3 Å². The third kappa shape index (κ3) is 3.17. The lowest BCUT2D eigenvalue weighted by molar-refractivity contribution is -0.116. The highest BCUT2D eigenvalue weighted by molar-refractivity contribution is 5.93. The number of H-pyrrole nitrogens is 1. The van der Waals surface area contributed by atoms with Crippen LogP contribution in [0.25, 0.3) is 10.9 Å². The Bertz CT molecular complexity index is 586. The van der Waals surface area contributed by atoms with Gasteiger partial charge in [0, 0.05) is 17.5 Å². The van der Waals surface area contributed by atoms with Gasteiger partial charge in [-0.2, -0.15) is 5.10 Å². The van der Waals surface area contributed by atoms with Gasteiger partial charge in [0.15, 0.2) is 0 Å². The molecule has 1 amide bonds. The van der Waals surface area contributed by atoms with Gasteiger partial charge in [-0.25, -0.2) is 0 Å². The third-order valence-corrected chi connectivity index (χ3v) is 3.90. The number of amides is 1. The molecule has 5 nitrogen and oxygen atoms in total. The predicted molar refractivity (Wildman–Crippen MR) is 79.6 cm³/mol. The van der Waals surface area contributed by atoms with E-state index in [4.69, 9.17) is 0 Å². The largest absolute Gasteiger partial charge is 0.326 e. The summed E-state index contributed by atoms with van der Waals surface area (Å²) in [6.45, 7) is 2.17. The van der Waals surface area contributed by atoms with Crippen LogP contribution < -0.4 is 10.6 Å². The van der Waals surface area contributed by atoms with E-state index in [-0.39, 0.29) is 5.91 Å². The van der Waals surface area contributed by atoms with Crippen LogP contribution in [0.15, 0.2) is 24.4 Å². The fraction of sp³-hybridized carbons (Fsp3) is 0.467. The molecule has 0 radical (unpaired) electrons. The first-order chi connectivity index (χ1) is 9.81. The van der Waals surface area contributed by atoms with Gasteiger partial charge in [-0.1, -0.05) is 0 Å². The first kappa shape index (κ1) is 13.1. The molecular formula is C15H20N4O. The Kier molecular flexibility index (Phi) is 3.97. The third-order valence-electron chi connectivity index (χ3n) is 3.90. The summed E-state index contributed by atoms with van der Waals surface area (Å²) < 4.78 is 0. The Balaban J connectivity index is 1.52. The smallest absolute Gasteiger partial charge is 0.224 e. The summed E-state index contributed by atoms with van der Waals surface area (Å²) in [6, 6.07) is 5.78. The SMILES string of the molecule is O=C(CCC1CCCNC1)Nc1ccc2[nH]ncc2c1. The van der Waals surface area contributed by atoms with Crippen molar-refractivity contribution in [3.8, 4) is 0 Å². The van der Waals surface area contributed by atoms with E-state index in [1.165, 1.54) is 12.8 Å². The molecule has 2 heterocycles. The summed E-state index contributed by atoms with van der Waals surface area (Å²) in [7, 11) is 0. The molecule has 3 rings (SSSR count). The van der Waals surface area contributed by atoms with Crippen LogP contribution >= 0.6 is 0 Å². The number of anilines is 1. The van der Waals surface area contributed by atoms with Gasteiger partial charge in [-0.3, -0.25) is 9.89 Å². The van der Waals surface area contributed by atoms with E-state index in [9.17, 15) is 4.79 Å². The number of nitrogens with zero attached hydrogens (tertiary/aromatic N) is 1. The molecule has 20 heavy (non-hydrogen) atoms. The first-order valence-corrected chi connectivity index (χ1v) is 7.25. The first-order valence-electron chi connectivity index (χ1n) is 7.25. The molecule has 1 fully saturated rings. The minimum atomic E-state index is 0.0958. The van der Waals surface area contributed by atoms with E-state index in [1.807, 2.05) is 18.2 Å². The van der Waals surface area contributed by atoms with Crippen LogP contribution in [0.5, 0.6) is 0 Å². The Hall–Kier alpha value is -1.88. The molecule has 1 unspecified atom stereocenters. The molecule has 0 saturated carbocycles. The summed E-state index contributed by atoms with van der Waals surface area (Å²) >= 11 is 0. The highest BCUT2D eigenvalue weighted by atomic mass is 16.1. The van der Waals surface area contributed by atoms with Crippen molar-refractivity contribution in [1.29, 1.82) is 0 Å². The maximum atomic E-state index is 12.0. The Morgan fingerprint density at radius 2 is 2.40 bits per heavy atom. The number of fused-ring (bicyclic) bond motifs is 1. The topological polar surface area (TPSA) is 69.8 Å². The van der Waals surface area contributed by atoms with Crippen molar-refractivity contribution < 1.29 is 4.79 Å². The van der Waals surface area contributed by atoms with Crippen molar-refractivity contribution in [1.82, 2.24) is 15.5 Å². The van der Waals surface area contributed by atoms with Gasteiger partial charge in [-0.05, 0) is 56.5 Å². The Morgan fingerprint density at radius 1 is 1.45 bits per heavy atom. The second-order valence-electron chi connectivity index (χ2n) is 5.47. The van der Waals surface area contributed by atoms with Crippen LogP contribution in [-0.2, 0) is 4.79 Å². The second kappa shape index (κ2) is 6.05. The minimum absolute atomic E-state index is 0.0958. The molecule has 1 aromatic carbocycles. The standard InChI is InChI=1S/C15H20N4O/c20-15(6-3-11-2-1-7-16-9-11)18-13-4-5-14-12(8-13)10-17-19-14/h4-5,8,10-11,16H,1-3,6-7,9H2,(H,17,19)(H,18,20). The van der Waals surface area contributed by atoms with Gasteiger partial charge in [-0.15, -0.1) is 0 Å². The molecule has 0 spiro atoms. The van der Waals surface area contributed by atoms with Gasteiger partial charge < -0.3 is 10.6 Å². The molecule has 5 heteroatoms. The van der Waals surface area contributed by atoms with Crippen molar-refractivity contribution in [3.63, 3.8) is 0 Å². The normalized spacial score (nSPS) is 19.1. The van der Waals surface area contributed by atoms with Gasteiger partial charge in [0.05, 0.1) is 11.7 Å². The number of benzene rings is 1. The van der Waals surface area contributed by atoms with Crippen LogP contribution in [0.4, 0.5) is 5.69 Å².